The lowest BCUT2D eigenvalue weighted by Crippen LogP contribution is -2.10. The summed E-state index contributed by atoms with van der Waals surface area (Å²) in [5, 5.41) is 0. The van der Waals surface area contributed by atoms with Crippen LogP contribution < -0.4 is 5.90 Å². The largest absolute Gasteiger partial charge is 0.426 e. The summed E-state index contributed by atoms with van der Waals surface area (Å²) in [6.45, 7) is 5.16. The number of benzene rings is 1. The molecule has 0 unspecified atom stereocenters. The Hall–Kier alpha value is -2.12. The molecule has 7 heteroatoms. The van der Waals surface area contributed by atoms with Crippen molar-refractivity contribution in [2.75, 3.05) is 0 Å². The van der Waals surface area contributed by atoms with Crippen molar-refractivity contribution in [2.45, 2.75) is 13.1 Å². The Morgan fingerprint density at radius 1 is 1.27 bits per heavy atom. The molecule has 116 valence electrons. The van der Waals surface area contributed by atoms with Gasteiger partial charge in [-0.15, -0.1) is 11.3 Å². The normalized spacial score (nSPS) is 12.3. The molecule has 0 saturated heterocycles. The third-order valence-corrected chi connectivity index (χ3v) is 3.86. The van der Waals surface area contributed by atoms with Crippen LogP contribution in [0.4, 0.5) is 13.2 Å². The van der Waals surface area contributed by atoms with E-state index >= 15 is 0 Å². The van der Waals surface area contributed by atoms with Gasteiger partial charge in [-0.2, -0.15) is 19.1 Å². The van der Waals surface area contributed by atoms with Crippen molar-refractivity contribution >= 4 is 17.2 Å². The van der Waals surface area contributed by atoms with Gasteiger partial charge in [-0.25, -0.2) is 4.99 Å². The van der Waals surface area contributed by atoms with E-state index in [-0.39, 0.29) is 16.3 Å². The average molecular weight is 326 g/mol. The SMILES string of the molecule is C=C(C)/N=C(\ON)c1cc(-c2ccccc2)c(C(F)(F)F)s1. The second-order valence-electron chi connectivity index (χ2n) is 4.49. The molecule has 0 atom stereocenters. The van der Waals surface area contributed by atoms with E-state index in [4.69, 9.17) is 5.90 Å². The number of rotatable bonds is 3. The third kappa shape index (κ3) is 3.55. The number of aliphatic imine (C=N–C) groups is 1. The molecule has 1 aromatic carbocycles. The molecule has 0 bridgehead atoms. The molecule has 3 nitrogen and oxygen atoms in total. The Kier molecular flexibility index (Phi) is 4.68. The minimum Gasteiger partial charge on any atom is -0.390 e. The topological polar surface area (TPSA) is 47.6 Å². The lowest BCUT2D eigenvalue weighted by molar-refractivity contribution is -0.133. The van der Waals surface area contributed by atoms with Crippen molar-refractivity contribution in [1.29, 1.82) is 0 Å². The van der Waals surface area contributed by atoms with Crippen molar-refractivity contribution in [3.63, 3.8) is 0 Å². The first-order valence-corrected chi connectivity index (χ1v) is 7.02. The molecule has 2 rings (SSSR count). The van der Waals surface area contributed by atoms with Crippen LogP contribution >= 0.6 is 11.3 Å². The third-order valence-electron chi connectivity index (χ3n) is 2.69. The number of allylic oxidation sites excluding steroid dienone is 1. The first kappa shape index (κ1) is 16.3. The van der Waals surface area contributed by atoms with Gasteiger partial charge in [0.15, 0.2) is 0 Å². The maximum atomic E-state index is 13.3. The fourth-order valence-corrected chi connectivity index (χ4v) is 2.83. The van der Waals surface area contributed by atoms with Crippen LogP contribution in [-0.4, -0.2) is 5.90 Å². The van der Waals surface area contributed by atoms with Gasteiger partial charge in [-0.3, -0.25) is 0 Å². The summed E-state index contributed by atoms with van der Waals surface area (Å²) in [6.07, 6.45) is -4.48. The van der Waals surface area contributed by atoms with Crippen LogP contribution in [0.2, 0.25) is 0 Å². The molecule has 2 aromatic rings. The molecule has 0 saturated carbocycles. The van der Waals surface area contributed by atoms with Crippen molar-refractivity contribution in [3.05, 3.63) is 58.4 Å². The average Bonchev–Trinajstić information content (AvgIpc) is 2.90. The Balaban J connectivity index is 2.61. The van der Waals surface area contributed by atoms with Crippen LogP contribution in [0.1, 0.15) is 16.7 Å². The molecule has 0 amide bonds. The zero-order valence-electron chi connectivity index (χ0n) is 11.6. The highest BCUT2D eigenvalue weighted by Gasteiger charge is 2.37. The number of nitrogens with zero attached hydrogens (tertiary/aromatic N) is 1. The molecular formula is C15H13F3N2OS. The monoisotopic (exact) mass is 326 g/mol. The van der Waals surface area contributed by atoms with Gasteiger partial charge >= 0.3 is 6.18 Å². The molecular weight excluding hydrogens is 313 g/mol. The van der Waals surface area contributed by atoms with Gasteiger partial charge in [-0.1, -0.05) is 36.9 Å². The number of hydrogen-bond acceptors (Lipinski definition) is 4. The van der Waals surface area contributed by atoms with Crippen molar-refractivity contribution < 1.29 is 18.0 Å². The summed E-state index contributed by atoms with van der Waals surface area (Å²) in [6, 6.07) is 9.68. The Labute approximate surface area is 129 Å². The van der Waals surface area contributed by atoms with Crippen LogP contribution in [0.5, 0.6) is 0 Å². The molecule has 1 aromatic heterocycles. The fraction of sp³-hybridized carbons (Fsp3) is 0.133. The maximum Gasteiger partial charge on any atom is 0.426 e. The van der Waals surface area contributed by atoms with Crippen LogP contribution in [-0.2, 0) is 11.0 Å². The van der Waals surface area contributed by atoms with Crippen LogP contribution in [0.25, 0.3) is 11.1 Å². The van der Waals surface area contributed by atoms with E-state index in [1.807, 2.05) is 0 Å². The summed E-state index contributed by atoms with van der Waals surface area (Å²) >= 11 is 0.534. The van der Waals surface area contributed by atoms with Crippen LogP contribution in [0.3, 0.4) is 0 Å². The second kappa shape index (κ2) is 6.33. The predicted molar refractivity (Wildman–Crippen MR) is 81.4 cm³/mol. The number of thiophene rings is 1. The predicted octanol–water partition coefficient (Wildman–Crippen LogP) is 4.60. The van der Waals surface area contributed by atoms with Crippen molar-refractivity contribution in [1.82, 2.24) is 0 Å². The Bertz CT molecular complexity index is 705. The summed E-state index contributed by atoms with van der Waals surface area (Å²) in [4.78, 5) is 7.98. The highest BCUT2D eigenvalue weighted by molar-refractivity contribution is 7.14. The molecule has 0 radical (unpaired) electrons. The minimum atomic E-state index is -4.48. The van der Waals surface area contributed by atoms with E-state index in [1.165, 1.54) is 6.07 Å². The summed E-state index contributed by atoms with van der Waals surface area (Å²) in [5.74, 6) is 5.02. The standard InChI is InChI=1S/C15H13F3N2OS/c1-9(2)20-14(21-19)12-8-11(10-6-4-3-5-7-10)13(22-12)15(16,17)18/h3-8H,1,19H2,2H3/b20-14-. The highest BCUT2D eigenvalue weighted by atomic mass is 32.1. The van der Waals surface area contributed by atoms with Gasteiger partial charge < -0.3 is 4.84 Å². The van der Waals surface area contributed by atoms with E-state index in [2.05, 4.69) is 16.4 Å². The zero-order valence-corrected chi connectivity index (χ0v) is 12.5. The quantitative estimate of drug-likeness (QED) is 0.509. The first-order valence-electron chi connectivity index (χ1n) is 6.20. The molecule has 0 aliphatic carbocycles. The Morgan fingerprint density at radius 2 is 1.91 bits per heavy atom. The van der Waals surface area contributed by atoms with E-state index in [0.717, 1.165) is 0 Å². The molecule has 1 heterocycles. The van der Waals surface area contributed by atoms with Gasteiger partial charge in [0.05, 0.1) is 4.88 Å². The molecule has 22 heavy (non-hydrogen) atoms. The summed E-state index contributed by atoms with van der Waals surface area (Å²) < 4.78 is 39.8. The first-order chi connectivity index (χ1) is 10.3. The van der Waals surface area contributed by atoms with Crippen LogP contribution in [0.15, 0.2) is 53.7 Å². The van der Waals surface area contributed by atoms with Crippen LogP contribution in [0, 0.1) is 0 Å². The number of halogens is 3. The molecule has 0 fully saturated rings. The van der Waals surface area contributed by atoms with E-state index < -0.39 is 11.1 Å². The van der Waals surface area contributed by atoms with Gasteiger partial charge in [0, 0.05) is 11.3 Å². The number of nitrogens with two attached hydrogens (primary N) is 1. The minimum absolute atomic E-state index is 0.0690. The van der Waals surface area contributed by atoms with Gasteiger partial charge in [-0.05, 0) is 18.6 Å². The summed E-state index contributed by atoms with van der Waals surface area (Å²) in [5.41, 5.74) is 0.909. The highest BCUT2D eigenvalue weighted by Crippen LogP contribution is 2.43. The summed E-state index contributed by atoms with van der Waals surface area (Å²) in [7, 11) is 0. The Morgan fingerprint density at radius 3 is 2.41 bits per heavy atom. The van der Waals surface area contributed by atoms with Crippen molar-refractivity contribution in [2.24, 2.45) is 10.9 Å². The van der Waals surface area contributed by atoms with E-state index in [9.17, 15) is 13.2 Å². The van der Waals surface area contributed by atoms with Crippen molar-refractivity contribution in [3.8, 4) is 11.1 Å². The lowest BCUT2D eigenvalue weighted by Gasteiger charge is -2.07. The molecule has 0 spiro atoms. The fourth-order valence-electron chi connectivity index (χ4n) is 1.85. The lowest BCUT2D eigenvalue weighted by atomic mass is 10.1. The number of alkyl halides is 3. The van der Waals surface area contributed by atoms with Gasteiger partial charge in [0.1, 0.15) is 4.88 Å². The van der Waals surface area contributed by atoms with E-state index in [0.29, 0.717) is 22.6 Å². The smallest absolute Gasteiger partial charge is 0.390 e. The van der Waals surface area contributed by atoms with E-state index in [1.54, 1.807) is 37.3 Å². The molecule has 0 aliphatic heterocycles. The number of hydrogen-bond donors (Lipinski definition) is 1. The van der Waals surface area contributed by atoms with Gasteiger partial charge in [0.25, 0.3) is 5.90 Å². The molecule has 0 aliphatic rings. The zero-order chi connectivity index (χ0) is 16.3. The maximum absolute atomic E-state index is 13.3. The molecule has 2 N–H and O–H groups in total. The second-order valence-corrected chi connectivity index (χ2v) is 5.54. The van der Waals surface area contributed by atoms with Gasteiger partial charge in [0.2, 0.25) is 0 Å².